The summed E-state index contributed by atoms with van der Waals surface area (Å²) in [7, 11) is 4.96. The average molecular weight is 201 g/mol. The molecular weight excluding hydrogens is 182 g/mol. The lowest BCUT2D eigenvalue weighted by Crippen LogP contribution is -2.53. The number of hydrogen-bond acceptors (Lipinski definition) is 4. The molecule has 1 aliphatic rings. The molecule has 1 rings (SSSR count). The highest BCUT2D eigenvalue weighted by atomic mass is 16.5. The highest BCUT2D eigenvalue weighted by Gasteiger charge is 2.41. The van der Waals surface area contributed by atoms with Crippen LogP contribution in [0.4, 0.5) is 0 Å². The molecule has 0 unspecified atom stereocenters. The highest BCUT2D eigenvalue weighted by Crippen LogP contribution is 2.30. The van der Waals surface area contributed by atoms with Gasteiger partial charge >= 0.3 is 5.97 Å². The summed E-state index contributed by atoms with van der Waals surface area (Å²) in [6, 6.07) is 0. The Bertz CT molecular complexity index is 198. The first-order valence-corrected chi connectivity index (χ1v) is 4.98. The first-order chi connectivity index (χ1) is 6.68. The van der Waals surface area contributed by atoms with E-state index in [1.165, 1.54) is 7.11 Å². The van der Waals surface area contributed by atoms with E-state index in [-0.39, 0.29) is 5.97 Å². The summed E-state index contributed by atoms with van der Waals surface area (Å²) in [6.07, 6.45) is 3.68. The fourth-order valence-electron chi connectivity index (χ4n) is 2.07. The number of esters is 1. The van der Waals surface area contributed by atoms with Gasteiger partial charge in [0.25, 0.3) is 0 Å². The zero-order chi connectivity index (χ0) is 10.6. The van der Waals surface area contributed by atoms with Crippen LogP contribution in [-0.2, 0) is 14.3 Å². The van der Waals surface area contributed by atoms with Crippen LogP contribution >= 0.6 is 0 Å². The summed E-state index contributed by atoms with van der Waals surface area (Å²) in [5.74, 6) is -0.158. The van der Waals surface area contributed by atoms with Crippen molar-refractivity contribution >= 4 is 5.97 Å². The van der Waals surface area contributed by atoms with Crippen molar-refractivity contribution in [2.24, 2.45) is 0 Å². The summed E-state index contributed by atoms with van der Waals surface area (Å²) in [5, 5.41) is 3.08. The van der Waals surface area contributed by atoms with Crippen LogP contribution < -0.4 is 5.32 Å². The van der Waals surface area contributed by atoms with Crippen molar-refractivity contribution in [1.82, 2.24) is 5.32 Å². The van der Waals surface area contributed by atoms with Gasteiger partial charge in [-0.25, -0.2) is 0 Å². The van der Waals surface area contributed by atoms with Crippen molar-refractivity contribution in [3.05, 3.63) is 0 Å². The SMILES string of the molecule is CNC1(C(=O)OC)CCC(OC)CC1. The summed E-state index contributed by atoms with van der Waals surface area (Å²) in [6.45, 7) is 0. The van der Waals surface area contributed by atoms with E-state index < -0.39 is 5.54 Å². The van der Waals surface area contributed by atoms with Crippen molar-refractivity contribution in [3.8, 4) is 0 Å². The number of likely N-dealkylation sites (N-methyl/N-ethyl adjacent to an activating group) is 1. The second-order valence-electron chi connectivity index (χ2n) is 3.76. The van der Waals surface area contributed by atoms with Gasteiger partial charge in [0.15, 0.2) is 0 Å². The van der Waals surface area contributed by atoms with Gasteiger partial charge in [0.1, 0.15) is 5.54 Å². The molecule has 0 bridgehead atoms. The lowest BCUT2D eigenvalue weighted by atomic mass is 9.80. The first-order valence-electron chi connectivity index (χ1n) is 4.98. The zero-order valence-corrected chi connectivity index (χ0v) is 9.13. The molecule has 0 aliphatic heterocycles. The molecule has 0 heterocycles. The Morgan fingerprint density at radius 1 is 1.36 bits per heavy atom. The van der Waals surface area contributed by atoms with E-state index in [1.54, 1.807) is 7.11 Å². The molecule has 0 atom stereocenters. The summed E-state index contributed by atoms with van der Waals surface area (Å²) < 4.78 is 10.1. The van der Waals surface area contributed by atoms with E-state index in [0.29, 0.717) is 6.10 Å². The third-order valence-corrected chi connectivity index (χ3v) is 3.17. The molecule has 0 aromatic heterocycles. The van der Waals surface area contributed by atoms with Crippen LogP contribution in [0.2, 0.25) is 0 Å². The highest BCUT2D eigenvalue weighted by molar-refractivity contribution is 5.80. The van der Waals surface area contributed by atoms with Gasteiger partial charge in [-0.2, -0.15) is 0 Å². The number of carbonyl (C=O) groups is 1. The molecule has 14 heavy (non-hydrogen) atoms. The quantitative estimate of drug-likeness (QED) is 0.683. The molecule has 1 aliphatic carbocycles. The van der Waals surface area contributed by atoms with Gasteiger partial charge in [-0.1, -0.05) is 0 Å². The van der Waals surface area contributed by atoms with Gasteiger partial charge in [0.05, 0.1) is 13.2 Å². The minimum absolute atomic E-state index is 0.158. The monoisotopic (exact) mass is 201 g/mol. The number of ether oxygens (including phenoxy) is 2. The minimum atomic E-state index is -0.482. The van der Waals surface area contributed by atoms with E-state index in [4.69, 9.17) is 9.47 Å². The smallest absolute Gasteiger partial charge is 0.326 e. The maximum Gasteiger partial charge on any atom is 0.326 e. The molecule has 0 amide bonds. The second kappa shape index (κ2) is 4.75. The number of nitrogens with one attached hydrogen (secondary N) is 1. The fraction of sp³-hybridized carbons (Fsp3) is 0.900. The minimum Gasteiger partial charge on any atom is -0.468 e. The Morgan fingerprint density at radius 3 is 2.29 bits per heavy atom. The van der Waals surface area contributed by atoms with Gasteiger partial charge in [0.2, 0.25) is 0 Å². The predicted molar refractivity (Wildman–Crippen MR) is 53.1 cm³/mol. The lowest BCUT2D eigenvalue weighted by Gasteiger charge is -2.36. The summed E-state index contributed by atoms with van der Waals surface area (Å²) >= 11 is 0. The van der Waals surface area contributed by atoms with Gasteiger partial charge in [-0.15, -0.1) is 0 Å². The Labute approximate surface area is 85.0 Å². The van der Waals surface area contributed by atoms with Crippen molar-refractivity contribution in [2.45, 2.75) is 37.3 Å². The third kappa shape index (κ3) is 2.07. The average Bonchev–Trinajstić information content (AvgIpc) is 2.28. The molecule has 0 radical (unpaired) electrons. The molecule has 1 fully saturated rings. The maximum atomic E-state index is 11.6. The van der Waals surface area contributed by atoms with Crippen LogP contribution in [0.3, 0.4) is 0 Å². The van der Waals surface area contributed by atoms with Crippen LogP contribution in [0.25, 0.3) is 0 Å². The summed E-state index contributed by atoms with van der Waals surface area (Å²) in [4.78, 5) is 11.6. The Kier molecular flexibility index (Phi) is 3.89. The Balaban J connectivity index is 2.61. The van der Waals surface area contributed by atoms with E-state index in [0.717, 1.165) is 25.7 Å². The molecular formula is C10H19NO3. The van der Waals surface area contributed by atoms with Crippen molar-refractivity contribution in [1.29, 1.82) is 0 Å². The number of rotatable bonds is 3. The molecule has 0 aromatic rings. The molecule has 0 aromatic carbocycles. The van der Waals surface area contributed by atoms with E-state index in [1.807, 2.05) is 7.05 Å². The summed E-state index contributed by atoms with van der Waals surface area (Å²) in [5.41, 5.74) is -0.482. The fourth-order valence-corrected chi connectivity index (χ4v) is 2.07. The van der Waals surface area contributed by atoms with E-state index in [9.17, 15) is 4.79 Å². The van der Waals surface area contributed by atoms with E-state index in [2.05, 4.69) is 5.32 Å². The largest absolute Gasteiger partial charge is 0.468 e. The molecule has 4 heteroatoms. The van der Waals surface area contributed by atoms with Crippen LogP contribution in [-0.4, -0.2) is 38.9 Å². The molecule has 0 spiro atoms. The molecule has 0 saturated heterocycles. The molecule has 1 N–H and O–H groups in total. The Morgan fingerprint density at radius 2 is 1.93 bits per heavy atom. The molecule has 82 valence electrons. The number of hydrogen-bond donors (Lipinski definition) is 1. The van der Waals surface area contributed by atoms with Crippen molar-refractivity contribution < 1.29 is 14.3 Å². The van der Waals surface area contributed by atoms with Crippen molar-refractivity contribution in [3.63, 3.8) is 0 Å². The second-order valence-corrected chi connectivity index (χ2v) is 3.76. The van der Waals surface area contributed by atoms with Crippen LogP contribution in [0.1, 0.15) is 25.7 Å². The lowest BCUT2D eigenvalue weighted by molar-refractivity contribution is -0.151. The zero-order valence-electron chi connectivity index (χ0n) is 9.13. The predicted octanol–water partition coefficient (Wildman–Crippen LogP) is 0.707. The normalized spacial score (nSPS) is 32.6. The number of carbonyl (C=O) groups excluding carboxylic acids is 1. The third-order valence-electron chi connectivity index (χ3n) is 3.17. The maximum absolute atomic E-state index is 11.6. The first kappa shape index (κ1) is 11.5. The van der Waals surface area contributed by atoms with Crippen LogP contribution in [0.15, 0.2) is 0 Å². The van der Waals surface area contributed by atoms with Crippen LogP contribution in [0.5, 0.6) is 0 Å². The van der Waals surface area contributed by atoms with Crippen LogP contribution in [0, 0.1) is 0 Å². The standard InChI is InChI=1S/C10H19NO3/c1-11-10(9(12)14-3)6-4-8(13-2)5-7-10/h8,11H,4-7H2,1-3H3. The van der Waals surface area contributed by atoms with Gasteiger partial charge < -0.3 is 14.8 Å². The molecule has 4 nitrogen and oxygen atoms in total. The molecule has 1 saturated carbocycles. The van der Waals surface area contributed by atoms with Gasteiger partial charge in [-0.3, -0.25) is 4.79 Å². The Hall–Kier alpha value is -0.610. The number of methoxy groups -OCH3 is 2. The van der Waals surface area contributed by atoms with E-state index >= 15 is 0 Å². The van der Waals surface area contributed by atoms with Gasteiger partial charge in [0, 0.05) is 7.11 Å². The van der Waals surface area contributed by atoms with Gasteiger partial charge in [-0.05, 0) is 32.7 Å². The van der Waals surface area contributed by atoms with Crippen molar-refractivity contribution in [2.75, 3.05) is 21.3 Å². The topological polar surface area (TPSA) is 47.6 Å².